The van der Waals surface area contributed by atoms with Crippen LogP contribution < -0.4 is 0 Å². The molecule has 0 unspecified atom stereocenters. The largest absolute Gasteiger partial charge is 0.456 e. The molecule has 0 amide bonds. The van der Waals surface area contributed by atoms with Crippen molar-refractivity contribution in [2.24, 2.45) is 0 Å². The van der Waals surface area contributed by atoms with E-state index in [1.165, 1.54) is 0 Å². The third-order valence-corrected chi connectivity index (χ3v) is 9.13. The molecule has 10 rings (SSSR count). The zero-order valence-electron chi connectivity index (χ0n) is 31.5. The molecule has 0 bridgehead atoms. The van der Waals surface area contributed by atoms with E-state index in [1.54, 1.807) is 0 Å². The molecule has 0 N–H and O–H groups in total. The average Bonchev–Trinajstić information content (AvgIpc) is 3.77. The van der Waals surface area contributed by atoms with Gasteiger partial charge in [0, 0.05) is 43.9 Å². The average molecular weight is 646 g/mol. The Morgan fingerprint density at radius 1 is 0.420 bits per heavy atom. The van der Waals surface area contributed by atoms with Crippen LogP contribution in [0.1, 0.15) is 6.85 Å². The molecule has 3 aromatic heterocycles. The molecule has 0 saturated carbocycles. The number of aromatic nitrogens is 4. The Morgan fingerprint density at radius 3 is 1.80 bits per heavy atom. The molecule has 0 radical (unpaired) electrons. The Labute approximate surface area is 294 Å². The van der Waals surface area contributed by atoms with Gasteiger partial charge in [-0.2, -0.15) is 0 Å². The summed E-state index contributed by atoms with van der Waals surface area (Å²) in [6.45, 7) is 0. The number of benzene rings is 7. The van der Waals surface area contributed by atoms with E-state index in [1.807, 2.05) is 127 Å². The van der Waals surface area contributed by atoms with Crippen molar-refractivity contribution in [1.29, 1.82) is 0 Å². The molecule has 7 aromatic carbocycles. The van der Waals surface area contributed by atoms with Crippen LogP contribution in [0.3, 0.4) is 0 Å². The highest BCUT2D eigenvalue weighted by Crippen LogP contribution is 2.38. The minimum Gasteiger partial charge on any atom is -0.456 e. The lowest BCUT2D eigenvalue weighted by Gasteiger charge is -2.09. The first-order chi connectivity index (χ1) is 26.8. The summed E-state index contributed by atoms with van der Waals surface area (Å²) in [5, 5.41) is 3.79. The summed E-state index contributed by atoms with van der Waals surface area (Å²) < 4.78 is 50.2. The number of hydrogen-bond acceptors (Lipinski definition) is 4. The van der Waals surface area contributed by atoms with Gasteiger partial charge in [-0.3, -0.25) is 0 Å². The van der Waals surface area contributed by atoms with Crippen molar-refractivity contribution in [3.63, 3.8) is 0 Å². The second-order valence-electron chi connectivity index (χ2n) is 12.1. The topological polar surface area (TPSA) is 56.7 Å². The van der Waals surface area contributed by atoms with Crippen LogP contribution in [-0.4, -0.2) is 19.5 Å². The lowest BCUT2D eigenvalue weighted by Crippen LogP contribution is -2.00. The SMILES string of the molecule is [2H]c1c([2H])c([2H])c(-c2ccc3c(c2)c2ccccc2n3-c2ccc3oc4cc(-c5nc(-c6ccccc6)nc(-c6ccccc6)n5)ccc4c3c2)c([2H])c1[2H]. The molecular formula is C45H28N4O. The van der Waals surface area contributed by atoms with Crippen LogP contribution in [0.5, 0.6) is 0 Å². The second kappa shape index (κ2) is 11.4. The number of nitrogens with zero attached hydrogens (tertiary/aromatic N) is 4. The van der Waals surface area contributed by atoms with Gasteiger partial charge in [0.05, 0.1) is 17.9 Å². The molecule has 50 heavy (non-hydrogen) atoms. The van der Waals surface area contributed by atoms with Crippen LogP contribution in [-0.2, 0) is 0 Å². The molecule has 0 aliphatic rings. The fourth-order valence-electron chi connectivity index (χ4n) is 6.78. The molecule has 0 fully saturated rings. The molecule has 5 heteroatoms. The maximum atomic E-state index is 8.57. The van der Waals surface area contributed by atoms with Gasteiger partial charge < -0.3 is 8.98 Å². The summed E-state index contributed by atoms with van der Waals surface area (Å²) in [6, 6.07) is 44.2. The highest BCUT2D eigenvalue weighted by atomic mass is 16.3. The van der Waals surface area contributed by atoms with Gasteiger partial charge in [-0.15, -0.1) is 0 Å². The van der Waals surface area contributed by atoms with E-state index in [-0.39, 0.29) is 29.7 Å². The first kappa shape index (κ1) is 23.5. The van der Waals surface area contributed by atoms with Crippen LogP contribution in [0.2, 0.25) is 0 Å². The maximum Gasteiger partial charge on any atom is 0.164 e. The van der Waals surface area contributed by atoms with Gasteiger partial charge in [-0.05, 0) is 59.7 Å². The first-order valence-electron chi connectivity index (χ1n) is 18.8. The first-order valence-corrected chi connectivity index (χ1v) is 16.3. The van der Waals surface area contributed by atoms with E-state index >= 15 is 0 Å². The number of furan rings is 1. The number of fused-ring (bicyclic) bond motifs is 6. The van der Waals surface area contributed by atoms with Gasteiger partial charge in [0.2, 0.25) is 0 Å². The lowest BCUT2D eigenvalue weighted by atomic mass is 10.0. The van der Waals surface area contributed by atoms with E-state index in [0.717, 1.165) is 60.5 Å². The monoisotopic (exact) mass is 645 g/mol. The van der Waals surface area contributed by atoms with Crippen molar-refractivity contribution < 1.29 is 11.3 Å². The standard InChI is InChI=1S/C45H28N4O/c1-4-12-29(13-5-1)32-21-24-40-37(26-32)35-18-10-11-19-39(35)49(40)34-22-25-41-38(28-34)36-23-20-33(27-42(36)50-41)45-47-43(30-14-6-2-7-15-30)46-44(48-45)31-16-8-3-9-17-31/h1-28H/i1D,4D,5D,12D,13D. The molecule has 234 valence electrons. The highest BCUT2D eigenvalue weighted by Gasteiger charge is 2.17. The predicted octanol–water partition coefficient (Wildman–Crippen LogP) is 11.5. The summed E-state index contributed by atoms with van der Waals surface area (Å²) in [5.41, 5.74) is 7.62. The predicted molar refractivity (Wildman–Crippen MR) is 203 cm³/mol. The Hall–Kier alpha value is -6.85. The lowest BCUT2D eigenvalue weighted by molar-refractivity contribution is 0.669. The Balaban J connectivity index is 1.10. The van der Waals surface area contributed by atoms with Crippen molar-refractivity contribution in [3.8, 4) is 51.0 Å². The highest BCUT2D eigenvalue weighted by molar-refractivity contribution is 6.11. The van der Waals surface area contributed by atoms with Crippen LogP contribution in [0, 0.1) is 0 Å². The minimum atomic E-state index is -0.407. The molecule has 5 nitrogen and oxygen atoms in total. The smallest absolute Gasteiger partial charge is 0.164 e. The van der Waals surface area contributed by atoms with Crippen molar-refractivity contribution in [1.82, 2.24) is 19.5 Å². The summed E-state index contributed by atoms with van der Waals surface area (Å²) >= 11 is 0. The summed E-state index contributed by atoms with van der Waals surface area (Å²) in [4.78, 5) is 14.6. The Kier molecular flexibility index (Phi) is 5.35. The summed E-state index contributed by atoms with van der Waals surface area (Å²) in [6.07, 6.45) is 0. The third-order valence-electron chi connectivity index (χ3n) is 9.13. The van der Waals surface area contributed by atoms with E-state index in [0.29, 0.717) is 28.6 Å². The van der Waals surface area contributed by atoms with E-state index in [4.69, 9.17) is 26.2 Å². The summed E-state index contributed by atoms with van der Waals surface area (Å²) in [7, 11) is 0. The minimum absolute atomic E-state index is 0.181. The molecule has 0 atom stereocenters. The quantitative estimate of drug-likeness (QED) is 0.187. The van der Waals surface area contributed by atoms with Crippen molar-refractivity contribution in [2.45, 2.75) is 0 Å². The molecule has 0 aliphatic heterocycles. The van der Waals surface area contributed by atoms with Crippen molar-refractivity contribution in [3.05, 3.63) is 170 Å². The van der Waals surface area contributed by atoms with Gasteiger partial charge in [0.15, 0.2) is 17.5 Å². The fourth-order valence-corrected chi connectivity index (χ4v) is 6.78. The number of rotatable bonds is 5. The van der Waals surface area contributed by atoms with Crippen molar-refractivity contribution in [2.75, 3.05) is 0 Å². The van der Waals surface area contributed by atoms with Crippen LogP contribution in [0.15, 0.2) is 174 Å². The number of hydrogen-bond donors (Lipinski definition) is 0. The second-order valence-corrected chi connectivity index (χ2v) is 12.1. The van der Waals surface area contributed by atoms with Crippen molar-refractivity contribution >= 4 is 43.7 Å². The molecule has 0 spiro atoms. The zero-order chi connectivity index (χ0) is 37.4. The Bertz CT molecular complexity index is 3070. The normalized spacial score (nSPS) is 13.0. The van der Waals surface area contributed by atoms with E-state index < -0.39 is 6.04 Å². The van der Waals surface area contributed by atoms with Gasteiger partial charge in [-0.25, -0.2) is 15.0 Å². The van der Waals surface area contributed by atoms with Crippen LogP contribution >= 0.6 is 0 Å². The summed E-state index contributed by atoms with van der Waals surface area (Å²) in [5.74, 6) is 1.72. The van der Waals surface area contributed by atoms with E-state index in [2.05, 4.69) is 16.7 Å². The van der Waals surface area contributed by atoms with Crippen LogP contribution in [0.25, 0.3) is 94.7 Å². The molecule has 0 aliphatic carbocycles. The molecular weight excluding hydrogens is 613 g/mol. The van der Waals surface area contributed by atoms with Gasteiger partial charge in [-0.1, -0.05) is 121 Å². The third kappa shape index (κ3) is 4.67. The fraction of sp³-hybridized carbons (Fsp3) is 0. The molecule has 0 saturated heterocycles. The van der Waals surface area contributed by atoms with E-state index in [9.17, 15) is 0 Å². The van der Waals surface area contributed by atoms with Crippen LogP contribution in [0.4, 0.5) is 0 Å². The molecule has 3 heterocycles. The van der Waals surface area contributed by atoms with Gasteiger partial charge in [0.25, 0.3) is 0 Å². The molecule has 10 aromatic rings. The maximum absolute atomic E-state index is 8.57. The zero-order valence-corrected chi connectivity index (χ0v) is 26.5. The van der Waals surface area contributed by atoms with Gasteiger partial charge >= 0.3 is 0 Å². The number of para-hydroxylation sites is 1. The Morgan fingerprint density at radius 2 is 1.06 bits per heavy atom. The van der Waals surface area contributed by atoms with Gasteiger partial charge in [0.1, 0.15) is 11.2 Å².